The maximum Gasteiger partial charge on any atom is 0.0482 e. The molecule has 0 amide bonds. The van der Waals surface area contributed by atoms with Crippen LogP contribution in [-0.4, -0.2) is 11.7 Å². The standard InChI is InChI=1S/C12H26O/c1-4-5-6-7-8-9-10-12(2,3)11-13/h13H,4-11H2,1-3H3. The molecular weight excluding hydrogens is 160 g/mol. The van der Waals surface area contributed by atoms with Gasteiger partial charge in [0.05, 0.1) is 0 Å². The van der Waals surface area contributed by atoms with E-state index < -0.39 is 0 Å². The average molecular weight is 186 g/mol. The molecule has 0 heterocycles. The molecule has 0 aliphatic carbocycles. The summed E-state index contributed by atoms with van der Waals surface area (Å²) in [6.45, 7) is 6.84. The smallest absolute Gasteiger partial charge is 0.0482 e. The molecule has 0 fully saturated rings. The van der Waals surface area contributed by atoms with E-state index in [-0.39, 0.29) is 5.41 Å². The lowest BCUT2D eigenvalue weighted by Gasteiger charge is -2.20. The van der Waals surface area contributed by atoms with E-state index in [1.54, 1.807) is 0 Å². The first kappa shape index (κ1) is 13.0. The lowest BCUT2D eigenvalue weighted by molar-refractivity contribution is 0.147. The Morgan fingerprint density at radius 3 is 2.00 bits per heavy atom. The van der Waals surface area contributed by atoms with Gasteiger partial charge in [-0.2, -0.15) is 0 Å². The highest BCUT2D eigenvalue weighted by Crippen LogP contribution is 2.22. The van der Waals surface area contributed by atoms with E-state index in [2.05, 4.69) is 20.8 Å². The van der Waals surface area contributed by atoms with Crippen molar-refractivity contribution in [3.63, 3.8) is 0 Å². The highest BCUT2D eigenvalue weighted by atomic mass is 16.3. The molecule has 0 spiro atoms. The third kappa shape index (κ3) is 8.29. The van der Waals surface area contributed by atoms with E-state index in [0.717, 1.165) is 6.42 Å². The molecule has 0 aliphatic rings. The van der Waals surface area contributed by atoms with Gasteiger partial charge in [-0.1, -0.05) is 59.3 Å². The Morgan fingerprint density at radius 1 is 0.923 bits per heavy atom. The minimum Gasteiger partial charge on any atom is -0.396 e. The molecule has 0 radical (unpaired) electrons. The van der Waals surface area contributed by atoms with Crippen molar-refractivity contribution in [2.24, 2.45) is 5.41 Å². The zero-order valence-electron chi connectivity index (χ0n) is 9.60. The molecule has 0 aromatic rings. The molecule has 0 aliphatic heterocycles. The van der Waals surface area contributed by atoms with E-state index in [4.69, 9.17) is 5.11 Å². The van der Waals surface area contributed by atoms with Crippen molar-refractivity contribution >= 4 is 0 Å². The molecule has 0 saturated carbocycles. The first-order valence-electron chi connectivity index (χ1n) is 5.73. The fourth-order valence-corrected chi connectivity index (χ4v) is 1.46. The second-order valence-electron chi connectivity index (χ2n) is 4.84. The van der Waals surface area contributed by atoms with Crippen LogP contribution in [0.3, 0.4) is 0 Å². The molecule has 1 N–H and O–H groups in total. The largest absolute Gasteiger partial charge is 0.396 e. The molecule has 0 atom stereocenters. The highest BCUT2D eigenvalue weighted by Gasteiger charge is 2.14. The van der Waals surface area contributed by atoms with Crippen LogP contribution >= 0.6 is 0 Å². The Labute approximate surface area is 83.5 Å². The molecule has 13 heavy (non-hydrogen) atoms. The fourth-order valence-electron chi connectivity index (χ4n) is 1.46. The summed E-state index contributed by atoms with van der Waals surface area (Å²) in [5.74, 6) is 0. The number of hydrogen-bond donors (Lipinski definition) is 1. The van der Waals surface area contributed by atoms with Gasteiger partial charge in [-0.05, 0) is 11.8 Å². The Kier molecular flexibility index (Phi) is 7.35. The predicted octanol–water partition coefficient (Wildman–Crippen LogP) is 3.76. The van der Waals surface area contributed by atoms with Crippen molar-refractivity contribution < 1.29 is 5.11 Å². The van der Waals surface area contributed by atoms with Crippen molar-refractivity contribution in [1.29, 1.82) is 0 Å². The highest BCUT2D eigenvalue weighted by molar-refractivity contribution is 4.66. The molecule has 0 aromatic carbocycles. The van der Waals surface area contributed by atoms with Crippen LogP contribution in [0.2, 0.25) is 0 Å². The van der Waals surface area contributed by atoms with Crippen molar-refractivity contribution in [3.05, 3.63) is 0 Å². The van der Waals surface area contributed by atoms with Crippen LogP contribution in [0.5, 0.6) is 0 Å². The Bertz CT molecular complexity index is 108. The van der Waals surface area contributed by atoms with Gasteiger partial charge in [0.15, 0.2) is 0 Å². The summed E-state index contributed by atoms with van der Waals surface area (Å²) in [5.41, 5.74) is 0.144. The fraction of sp³-hybridized carbons (Fsp3) is 1.00. The normalized spacial score (nSPS) is 12.0. The molecule has 1 nitrogen and oxygen atoms in total. The minimum atomic E-state index is 0.144. The lowest BCUT2D eigenvalue weighted by atomic mass is 9.88. The third-order valence-corrected chi connectivity index (χ3v) is 2.64. The minimum absolute atomic E-state index is 0.144. The van der Waals surface area contributed by atoms with Gasteiger partial charge in [-0.15, -0.1) is 0 Å². The van der Waals surface area contributed by atoms with Gasteiger partial charge in [0.1, 0.15) is 0 Å². The van der Waals surface area contributed by atoms with Crippen molar-refractivity contribution in [3.8, 4) is 0 Å². The molecule has 0 unspecified atom stereocenters. The summed E-state index contributed by atoms with van der Waals surface area (Å²) < 4.78 is 0. The topological polar surface area (TPSA) is 20.2 Å². The number of hydrogen-bond acceptors (Lipinski definition) is 1. The van der Waals surface area contributed by atoms with Crippen LogP contribution in [-0.2, 0) is 0 Å². The van der Waals surface area contributed by atoms with Gasteiger partial charge in [0, 0.05) is 6.61 Å². The number of aliphatic hydroxyl groups excluding tert-OH is 1. The maximum absolute atomic E-state index is 9.03. The molecule has 0 aromatic heterocycles. The van der Waals surface area contributed by atoms with Gasteiger partial charge in [-0.3, -0.25) is 0 Å². The van der Waals surface area contributed by atoms with Gasteiger partial charge in [-0.25, -0.2) is 0 Å². The van der Waals surface area contributed by atoms with E-state index in [0.29, 0.717) is 6.61 Å². The van der Waals surface area contributed by atoms with E-state index in [9.17, 15) is 0 Å². The van der Waals surface area contributed by atoms with Crippen molar-refractivity contribution in [2.75, 3.05) is 6.61 Å². The maximum atomic E-state index is 9.03. The van der Waals surface area contributed by atoms with E-state index in [1.807, 2.05) is 0 Å². The quantitative estimate of drug-likeness (QED) is 0.572. The summed E-state index contributed by atoms with van der Waals surface area (Å²) in [5, 5.41) is 9.03. The third-order valence-electron chi connectivity index (χ3n) is 2.64. The van der Waals surface area contributed by atoms with Gasteiger partial charge < -0.3 is 5.11 Å². The van der Waals surface area contributed by atoms with Crippen LogP contribution in [0.25, 0.3) is 0 Å². The average Bonchev–Trinajstić information content (AvgIpc) is 2.11. The molecule has 0 bridgehead atoms. The first-order valence-corrected chi connectivity index (χ1v) is 5.73. The van der Waals surface area contributed by atoms with Crippen LogP contribution in [0.15, 0.2) is 0 Å². The van der Waals surface area contributed by atoms with Gasteiger partial charge in [0.2, 0.25) is 0 Å². The van der Waals surface area contributed by atoms with E-state index in [1.165, 1.54) is 38.5 Å². The second kappa shape index (κ2) is 7.37. The monoisotopic (exact) mass is 186 g/mol. The zero-order valence-corrected chi connectivity index (χ0v) is 9.60. The van der Waals surface area contributed by atoms with Crippen LogP contribution in [0.4, 0.5) is 0 Å². The molecule has 0 saturated heterocycles. The summed E-state index contributed by atoms with van der Waals surface area (Å²) in [6.07, 6.45) is 9.23. The summed E-state index contributed by atoms with van der Waals surface area (Å²) in [4.78, 5) is 0. The number of aliphatic hydroxyl groups is 1. The Balaban J connectivity index is 3.16. The lowest BCUT2D eigenvalue weighted by Crippen LogP contribution is -2.16. The van der Waals surface area contributed by atoms with Crippen molar-refractivity contribution in [2.45, 2.75) is 65.7 Å². The molecular formula is C12H26O. The van der Waals surface area contributed by atoms with Gasteiger partial charge >= 0.3 is 0 Å². The van der Waals surface area contributed by atoms with Crippen LogP contribution in [0, 0.1) is 5.41 Å². The summed E-state index contributed by atoms with van der Waals surface area (Å²) in [6, 6.07) is 0. The predicted molar refractivity (Wildman–Crippen MR) is 58.9 cm³/mol. The Hall–Kier alpha value is -0.0400. The van der Waals surface area contributed by atoms with E-state index >= 15 is 0 Å². The molecule has 1 heteroatoms. The molecule has 80 valence electrons. The number of rotatable bonds is 8. The Morgan fingerprint density at radius 2 is 1.46 bits per heavy atom. The van der Waals surface area contributed by atoms with Crippen molar-refractivity contribution in [1.82, 2.24) is 0 Å². The first-order chi connectivity index (χ1) is 6.12. The SMILES string of the molecule is CCCCCCCCC(C)(C)CO. The zero-order chi connectivity index (χ0) is 10.2. The van der Waals surface area contributed by atoms with Crippen LogP contribution in [0.1, 0.15) is 65.7 Å². The molecule has 0 rings (SSSR count). The summed E-state index contributed by atoms with van der Waals surface area (Å²) in [7, 11) is 0. The van der Waals surface area contributed by atoms with Gasteiger partial charge in [0.25, 0.3) is 0 Å². The second-order valence-corrected chi connectivity index (χ2v) is 4.84. The number of unbranched alkanes of at least 4 members (excludes halogenated alkanes) is 5. The summed E-state index contributed by atoms with van der Waals surface area (Å²) >= 11 is 0. The van der Waals surface area contributed by atoms with Crippen LogP contribution < -0.4 is 0 Å².